The molecule has 0 aliphatic heterocycles. The third-order valence-electron chi connectivity index (χ3n) is 2.90. The molecule has 0 saturated heterocycles. The van der Waals surface area contributed by atoms with E-state index >= 15 is 0 Å². The fraction of sp³-hybridized carbons (Fsp3) is 0.750. The van der Waals surface area contributed by atoms with Gasteiger partial charge in [0.1, 0.15) is 5.78 Å². The fourth-order valence-corrected chi connectivity index (χ4v) is 2.65. The van der Waals surface area contributed by atoms with Crippen LogP contribution in [0.25, 0.3) is 0 Å². The van der Waals surface area contributed by atoms with Crippen molar-refractivity contribution in [3.63, 3.8) is 0 Å². The minimum Gasteiger partial charge on any atom is -0.480 e. The third kappa shape index (κ3) is 0.774. The second-order valence-electron chi connectivity index (χ2n) is 3.52. The maximum atomic E-state index is 11.2. The Kier molecular flexibility index (Phi) is 1.49. The van der Waals surface area contributed by atoms with Crippen LogP contribution in [0.5, 0.6) is 0 Å². The first-order valence-electron chi connectivity index (χ1n) is 4.03. The summed E-state index contributed by atoms with van der Waals surface area (Å²) in [4.78, 5) is 20.7. The number of hydrogen-bond donors (Lipinski definition) is 1. The summed E-state index contributed by atoms with van der Waals surface area (Å²) in [7, 11) is 0. The number of alkyl halides is 1. The summed E-state index contributed by atoms with van der Waals surface area (Å²) in [6.07, 6.45) is 2.08. The second-order valence-corrected chi connectivity index (χ2v) is 4.14. The Morgan fingerprint density at radius 3 is 2.83 bits per heavy atom. The number of carbonyl (C=O) groups is 2. The zero-order chi connectivity index (χ0) is 8.93. The molecule has 3 atom stereocenters. The van der Waals surface area contributed by atoms with E-state index in [1.165, 1.54) is 0 Å². The normalized spacial score (nSPS) is 45.2. The molecule has 2 aliphatic carbocycles. The number of fused-ring (bicyclic) bond motifs is 1. The molecule has 3 nitrogen and oxygen atoms in total. The number of ketones is 1. The van der Waals surface area contributed by atoms with Gasteiger partial charge in [-0.25, -0.2) is 0 Å². The molecule has 2 saturated carbocycles. The molecule has 2 aliphatic rings. The van der Waals surface area contributed by atoms with Gasteiger partial charge in [-0.3, -0.25) is 9.59 Å². The van der Waals surface area contributed by atoms with E-state index in [4.69, 9.17) is 16.7 Å². The lowest BCUT2D eigenvalue weighted by atomic mass is 10.00. The minimum atomic E-state index is -1.24. The first-order valence-corrected chi connectivity index (χ1v) is 4.41. The molecule has 0 aromatic carbocycles. The number of carboxylic acid groups (broad SMARTS) is 1. The lowest BCUT2D eigenvalue weighted by Crippen LogP contribution is -2.20. The molecule has 0 radical (unpaired) electrons. The average Bonchev–Trinajstić information content (AvgIpc) is 2.61. The van der Waals surface area contributed by atoms with Crippen molar-refractivity contribution < 1.29 is 14.7 Å². The second kappa shape index (κ2) is 2.22. The van der Waals surface area contributed by atoms with Crippen LogP contribution in [0.3, 0.4) is 0 Å². The van der Waals surface area contributed by atoms with Crippen molar-refractivity contribution in [1.82, 2.24) is 0 Å². The maximum absolute atomic E-state index is 11.2. The van der Waals surface area contributed by atoms with Crippen molar-refractivity contribution in [1.29, 1.82) is 0 Å². The first kappa shape index (κ1) is 8.05. The van der Waals surface area contributed by atoms with E-state index in [-0.39, 0.29) is 11.7 Å². The molecule has 2 fully saturated rings. The van der Waals surface area contributed by atoms with Crippen molar-refractivity contribution >= 4 is 23.4 Å². The van der Waals surface area contributed by atoms with Crippen LogP contribution in [0.1, 0.15) is 19.3 Å². The van der Waals surface area contributed by atoms with Crippen LogP contribution in [0.2, 0.25) is 0 Å². The van der Waals surface area contributed by atoms with E-state index in [0.717, 1.165) is 12.8 Å². The molecule has 0 unspecified atom stereocenters. The molecule has 2 rings (SSSR count). The van der Waals surface area contributed by atoms with Gasteiger partial charge in [0.2, 0.25) is 0 Å². The molecule has 0 amide bonds. The molecule has 66 valence electrons. The van der Waals surface area contributed by atoms with Crippen molar-refractivity contribution in [2.75, 3.05) is 0 Å². The molecule has 0 aromatic rings. The summed E-state index contributed by atoms with van der Waals surface area (Å²) < 4.78 is 0. The van der Waals surface area contributed by atoms with Crippen LogP contribution in [-0.4, -0.2) is 21.7 Å². The van der Waals surface area contributed by atoms with Crippen molar-refractivity contribution in [2.24, 2.45) is 11.8 Å². The Labute approximate surface area is 74.7 Å². The molecule has 1 N–H and O–H groups in total. The van der Waals surface area contributed by atoms with Gasteiger partial charge in [-0.1, -0.05) is 0 Å². The number of halogens is 1. The smallest absolute Gasteiger partial charge is 0.325 e. The van der Waals surface area contributed by atoms with Gasteiger partial charge < -0.3 is 5.11 Å². The van der Waals surface area contributed by atoms with Gasteiger partial charge in [-0.2, -0.15) is 0 Å². The number of carbonyl (C=O) groups excluding carboxylic acids is 1. The SMILES string of the molecule is O=C1CCC[C@@H]2[C@H]1[C@@]2(Cl)C(=O)O. The summed E-state index contributed by atoms with van der Waals surface area (Å²) in [6, 6.07) is 0. The van der Waals surface area contributed by atoms with Crippen molar-refractivity contribution in [3.05, 3.63) is 0 Å². The topological polar surface area (TPSA) is 54.4 Å². The number of aliphatic carboxylic acids is 1. The number of carboxylic acids is 1. The van der Waals surface area contributed by atoms with Crippen LogP contribution >= 0.6 is 11.6 Å². The summed E-state index contributed by atoms with van der Waals surface area (Å²) in [5, 5.41) is 8.78. The summed E-state index contributed by atoms with van der Waals surface area (Å²) >= 11 is 5.83. The molecule has 4 heteroatoms. The van der Waals surface area contributed by atoms with Gasteiger partial charge in [-0.15, -0.1) is 11.6 Å². The molecule has 0 aromatic heterocycles. The highest BCUT2D eigenvalue weighted by atomic mass is 35.5. The highest BCUT2D eigenvalue weighted by Crippen LogP contribution is 2.61. The summed E-state index contributed by atoms with van der Waals surface area (Å²) in [5.74, 6) is -1.50. The largest absolute Gasteiger partial charge is 0.480 e. The molecule has 0 bridgehead atoms. The van der Waals surface area contributed by atoms with Crippen molar-refractivity contribution in [2.45, 2.75) is 24.1 Å². The average molecular weight is 189 g/mol. The lowest BCUT2D eigenvalue weighted by molar-refractivity contribution is -0.138. The van der Waals surface area contributed by atoms with E-state index in [2.05, 4.69) is 0 Å². The predicted molar refractivity (Wildman–Crippen MR) is 42.1 cm³/mol. The highest BCUT2D eigenvalue weighted by Gasteiger charge is 2.72. The van der Waals surface area contributed by atoms with Crippen LogP contribution in [0.15, 0.2) is 0 Å². The van der Waals surface area contributed by atoms with Crippen LogP contribution in [0, 0.1) is 11.8 Å². The summed E-state index contributed by atoms with van der Waals surface area (Å²) in [5.41, 5.74) is 0. The Morgan fingerprint density at radius 2 is 2.33 bits per heavy atom. The quantitative estimate of drug-likeness (QED) is 0.626. The van der Waals surface area contributed by atoms with Gasteiger partial charge >= 0.3 is 5.97 Å². The number of hydrogen-bond acceptors (Lipinski definition) is 2. The van der Waals surface area contributed by atoms with Crippen molar-refractivity contribution in [3.8, 4) is 0 Å². The monoisotopic (exact) mass is 188 g/mol. The van der Waals surface area contributed by atoms with Gasteiger partial charge in [-0.05, 0) is 12.8 Å². The lowest BCUT2D eigenvalue weighted by Gasteiger charge is -2.03. The maximum Gasteiger partial charge on any atom is 0.325 e. The third-order valence-corrected chi connectivity index (χ3v) is 3.58. The zero-order valence-electron chi connectivity index (χ0n) is 6.42. The van der Waals surface area contributed by atoms with Crippen LogP contribution in [0.4, 0.5) is 0 Å². The first-order chi connectivity index (χ1) is 5.58. The van der Waals surface area contributed by atoms with E-state index in [1.54, 1.807) is 0 Å². The van der Waals surface area contributed by atoms with E-state index in [1.807, 2.05) is 0 Å². The number of Topliss-reactive ketones (excluding diaryl/α,β-unsaturated/α-hetero) is 1. The number of rotatable bonds is 1. The van der Waals surface area contributed by atoms with E-state index in [9.17, 15) is 9.59 Å². The Bertz CT molecular complexity index is 263. The summed E-state index contributed by atoms with van der Waals surface area (Å²) in [6.45, 7) is 0. The molecular formula is C8H9ClO3. The molecular weight excluding hydrogens is 180 g/mol. The molecule has 12 heavy (non-hydrogen) atoms. The Hall–Kier alpha value is -0.570. The standard InChI is InChI=1S/C8H9ClO3/c9-8(7(11)12)4-2-1-3-5(10)6(4)8/h4,6H,1-3H2,(H,11,12)/t4-,6-,8-/m1/s1. The van der Waals surface area contributed by atoms with Gasteiger partial charge in [0, 0.05) is 12.3 Å². The Balaban J connectivity index is 2.24. The van der Waals surface area contributed by atoms with Gasteiger partial charge in [0.15, 0.2) is 4.87 Å². The van der Waals surface area contributed by atoms with Crippen LogP contribution in [-0.2, 0) is 9.59 Å². The molecule has 0 spiro atoms. The van der Waals surface area contributed by atoms with Crippen LogP contribution < -0.4 is 0 Å². The van der Waals surface area contributed by atoms with E-state index < -0.39 is 16.8 Å². The highest BCUT2D eigenvalue weighted by molar-refractivity contribution is 6.39. The van der Waals surface area contributed by atoms with Gasteiger partial charge in [0.05, 0.1) is 5.92 Å². The molecule has 0 heterocycles. The van der Waals surface area contributed by atoms with E-state index in [0.29, 0.717) is 6.42 Å². The fourth-order valence-electron chi connectivity index (χ4n) is 2.20. The zero-order valence-corrected chi connectivity index (χ0v) is 7.17. The predicted octanol–water partition coefficient (Wildman–Crippen LogP) is 1.05. The minimum absolute atomic E-state index is 0.0312. The Morgan fingerprint density at radius 1 is 1.67 bits per heavy atom. The van der Waals surface area contributed by atoms with Gasteiger partial charge in [0.25, 0.3) is 0 Å².